The molecule has 19 heavy (non-hydrogen) atoms. The van der Waals surface area contributed by atoms with Gasteiger partial charge >= 0.3 is 5.69 Å². The molecule has 1 aromatic heterocycles. The summed E-state index contributed by atoms with van der Waals surface area (Å²) in [5.74, 6) is 0.731. The molecular weight excluding hydrogens is 248 g/mol. The fourth-order valence-electron chi connectivity index (χ4n) is 2.04. The van der Waals surface area contributed by atoms with E-state index in [1.54, 1.807) is 7.05 Å². The van der Waals surface area contributed by atoms with Crippen LogP contribution in [0.3, 0.4) is 0 Å². The molecule has 0 aromatic carbocycles. The van der Waals surface area contributed by atoms with E-state index in [2.05, 4.69) is 10.4 Å². The van der Waals surface area contributed by atoms with E-state index in [0.717, 1.165) is 0 Å². The molecule has 7 nitrogen and oxygen atoms in total. The molecular formula is C12H22N4O3. The Hall–Kier alpha value is -1.63. The molecule has 108 valence electrons. The Balaban J connectivity index is 2.83. The molecule has 0 fully saturated rings. The zero-order valence-electron chi connectivity index (χ0n) is 11.9. The Morgan fingerprint density at radius 1 is 1.53 bits per heavy atom. The molecule has 1 atom stereocenters. The summed E-state index contributed by atoms with van der Waals surface area (Å²) in [6.07, 6.45) is 0.624. The average molecular weight is 270 g/mol. The Labute approximate surface area is 112 Å². The van der Waals surface area contributed by atoms with Crippen LogP contribution in [0.4, 0.5) is 11.5 Å². The summed E-state index contributed by atoms with van der Waals surface area (Å²) in [7, 11) is 1.66. The van der Waals surface area contributed by atoms with Crippen LogP contribution in [0.2, 0.25) is 0 Å². The normalized spacial score (nSPS) is 12.7. The van der Waals surface area contributed by atoms with Crippen LogP contribution >= 0.6 is 0 Å². The van der Waals surface area contributed by atoms with Gasteiger partial charge in [-0.05, 0) is 18.8 Å². The van der Waals surface area contributed by atoms with Crippen molar-refractivity contribution in [2.24, 2.45) is 13.0 Å². The van der Waals surface area contributed by atoms with Crippen LogP contribution in [0, 0.1) is 16.0 Å². The van der Waals surface area contributed by atoms with Crippen LogP contribution < -0.4 is 5.32 Å². The van der Waals surface area contributed by atoms with E-state index in [0.29, 0.717) is 30.3 Å². The summed E-state index contributed by atoms with van der Waals surface area (Å²) in [5, 5.41) is 27.9. The molecule has 0 spiro atoms. The van der Waals surface area contributed by atoms with Gasteiger partial charge in [0.2, 0.25) is 5.82 Å². The number of hydrogen-bond donors (Lipinski definition) is 2. The van der Waals surface area contributed by atoms with Crippen molar-refractivity contribution in [1.82, 2.24) is 9.78 Å². The molecule has 7 heteroatoms. The summed E-state index contributed by atoms with van der Waals surface area (Å²) < 4.78 is 1.46. The third-order valence-electron chi connectivity index (χ3n) is 2.86. The first-order chi connectivity index (χ1) is 8.86. The van der Waals surface area contributed by atoms with Crippen LogP contribution in [0.15, 0.2) is 0 Å². The fraction of sp³-hybridized carbons (Fsp3) is 0.750. The SMILES string of the molecule is CCc1nn(C)c(NCC(O)CC(C)C)c1[N+](=O)[O-]. The molecule has 1 heterocycles. The Bertz CT molecular complexity index is 442. The van der Waals surface area contributed by atoms with Crippen LogP contribution in [0.25, 0.3) is 0 Å². The summed E-state index contributed by atoms with van der Waals surface area (Å²) in [6, 6.07) is 0. The first kappa shape index (κ1) is 15.4. The van der Waals surface area contributed by atoms with Crippen LogP contribution in [0.1, 0.15) is 32.9 Å². The second-order valence-electron chi connectivity index (χ2n) is 5.04. The van der Waals surface area contributed by atoms with E-state index >= 15 is 0 Å². The second-order valence-corrected chi connectivity index (χ2v) is 5.04. The molecule has 0 aliphatic heterocycles. The lowest BCUT2D eigenvalue weighted by atomic mass is 10.1. The van der Waals surface area contributed by atoms with E-state index in [9.17, 15) is 15.2 Å². The number of aryl methyl sites for hydroxylation is 2. The lowest BCUT2D eigenvalue weighted by Crippen LogP contribution is -2.22. The number of nitrogens with one attached hydrogen (secondary N) is 1. The van der Waals surface area contributed by atoms with Crippen LogP contribution in [-0.4, -0.2) is 32.5 Å². The van der Waals surface area contributed by atoms with Crippen LogP contribution in [0.5, 0.6) is 0 Å². The summed E-state index contributed by atoms with van der Waals surface area (Å²) >= 11 is 0. The van der Waals surface area contributed by atoms with Gasteiger partial charge in [-0.1, -0.05) is 20.8 Å². The summed E-state index contributed by atoms with van der Waals surface area (Å²) in [5.41, 5.74) is 0.454. The minimum Gasteiger partial charge on any atom is -0.391 e. The predicted octanol–water partition coefficient (Wildman–Crippen LogP) is 1.71. The third kappa shape index (κ3) is 3.92. The van der Waals surface area contributed by atoms with Gasteiger partial charge in [-0.15, -0.1) is 0 Å². The Kier molecular flexibility index (Phi) is 5.29. The summed E-state index contributed by atoms with van der Waals surface area (Å²) in [6.45, 7) is 6.14. The fourth-order valence-corrected chi connectivity index (χ4v) is 2.04. The van der Waals surface area contributed by atoms with Crippen molar-refractivity contribution in [1.29, 1.82) is 0 Å². The van der Waals surface area contributed by atoms with Crippen molar-refractivity contribution >= 4 is 11.5 Å². The number of nitro groups is 1. The number of aromatic nitrogens is 2. The minimum atomic E-state index is -0.528. The van der Waals surface area contributed by atoms with Gasteiger partial charge in [-0.25, -0.2) is 4.68 Å². The number of anilines is 1. The first-order valence-electron chi connectivity index (χ1n) is 6.49. The van der Waals surface area contributed by atoms with Gasteiger partial charge in [-0.3, -0.25) is 10.1 Å². The minimum absolute atomic E-state index is 0.00162. The molecule has 0 aliphatic carbocycles. The van der Waals surface area contributed by atoms with Gasteiger partial charge in [0.1, 0.15) is 5.69 Å². The smallest absolute Gasteiger partial charge is 0.333 e. The lowest BCUT2D eigenvalue weighted by Gasteiger charge is -2.14. The molecule has 0 aliphatic rings. The predicted molar refractivity (Wildman–Crippen MR) is 73.2 cm³/mol. The maximum absolute atomic E-state index is 11.1. The van der Waals surface area contributed by atoms with Crippen molar-refractivity contribution in [3.63, 3.8) is 0 Å². The van der Waals surface area contributed by atoms with Gasteiger partial charge in [0.05, 0.1) is 11.0 Å². The van der Waals surface area contributed by atoms with Gasteiger partial charge in [0.15, 0.2) is 0 Å². The van der Waals surface area contributed by atoms with Crippen molar-refractivity contribution in [2.75, 3.05) is 11.9 Å². The molecule has 2 N–H and O–H groups in total. The zero-order chi connectivity index (χ0) is 14.6. The summed E-state index contributed by atoms with van der Waals surface area (Å²) in [4.78, 5) is 10.7. The van der Waals surface area contributed by atoms with Crippen molar-refractivity contribution in [2.45, 2.75) is 39.7 Å². The highest BCUT2D eigenvalue weighted by molar-refractivity contribution is 5.59. The molecule has 0 saturated carbocycles. The van der Waals surface area contributed by atoms with Gasteiger partial charge in [0.25, 0.3) is 0 Å². The Morgan fingerprint density at radius 3 is 2.63 bits per heavy atom. The lowest BCUT2D eigenvalue weighted by molar-refractivity contribution is -0.384. The van der Waals surface area contributed by atoms with Crippen LogP contribution in [-0.2, 0) is 13.5 Å². The van der Waals surface area contributed by atoms with Gasteiger partial charge < -0.3 is 10.4 Å². The number of nitrogens with zero attached hydrogens (tertiary/aromatic N) is 3. The largest absolute Gasteiger partial charge is 0.391 e. The third-order valence-corrected chi connectivity index (χ3v) is 2.86. The average Bonchev–Trinajstić information content (AvgIpc) is 2.62. The Morgan fingerprint density at radius 2 is 2.16 bits per heavy atom. The molecule has 1 rings (SSSR count). The van der Waals surface area contributed by atoms with Crippen molar-refractivity contribution < 1.29 is 10.0 Å². The standard InChI is InChI=1S/C12H22N4O3/c1-5-10-11(16(18)19)12(15(4)14-10)13-7-9(17)6-8(2)3/h8-9,13,17H,5-7H2,1-4H3. The molecule has 0 saturated heterocycles. The molecule has 0 bridgehead atoms. The molecule has 0 amide bonds. The number of hydrogen-bond acceptors (Lipinski definition) is 5. The van der Waals surface area contributed by atoms with E-state index in [4.69, 9.17) is 0 Å². The highest BCUT2D eigenvalue weighted by Gasteiger charge is 2.25. The van der Waals surface area contributed by atoms with Crippen molar-refractivity contribution in [3.8, 4) is 0 Å². The highest BCUT2D eigenvalue weighted by Crippen LogP contribution is 2.28. The number of aliphatic hydroxyl groups excluding tert-OH is 1. The van der Waals surface area contributed by atoms with E-state index in [1.807, 2.05) is 20.8 Å². The number of rotatable bonds is 7. The van der Waals surface area contributed by atoms with E-state index in [1.165, 1.54) is 4.68 Å². The quantitative estimate of drug-likeness (QED) is 0.581. The maximum atomic E-state index is 11.1. The van der Waals surface area contributed by atoms with Gasteiger partial charge in [-0.2, -0.15) is 5.10 Å². The molecule has 1 unspecified atom stereocenters. The highest BCUT2D eigenvalue weighted by atomic mass is 16.6. The zero-order valence-corrected chi connectivity index (χ0v) is 11.9. The molecule has 0 radical (unpaired) electrons. The second kappa shape index (κ2) is 6.51. The molecule has 1 aromatic rings. The van der Waals surface area contributed by atoms with Gasteiger partial charge in [0, 0.05) is 13.6 Å². The first-order valence-corrected chi connectivity index (χ1v) is 6.49. The van der Waals surface area contributed by atoms with Crippen molar-refractivity contribution in [3.05, 3.63) is 15.8 Å². The maximum Gasteiger partial charge on any atom is 0.333 e. The van der Waals surface area contributed by atoms with E-state index < -0.39 is 11.0 Å². The van der Waals surface area contributed by atoms with E-state index in [-0.39, 0.29) is 12.2 Å². The number of aliphatic hydroxyl groups is 1. The monoisotopic (exact) mass is 270 g/mol. The topological polar surface area (TPSA) is 93.2 Å².